The third kappa shape index (κ3) is 4.08. The molecule has 2 fully saturated rings. The molecule has 28 heavy (non-hydrogen) atoms. The molecule has 0 saturated carbocycles. The Morgan fingerprint density at radius 2 is 2.00 bits per heavy atom. The highest BCUT2D eigenvalue weighted by Gasteiger charge is 2.47. The summed E-state index contributed by atoms with van der Waals surface area (Å²) in [6.45, 7) is 0.0506. The van der Waals surface area contributed by atoms with Crippen LogP contribution in [0.2, 0.25) is 0 Å². The number of rotatable bonds is 6. The summed E-state index contributed by atoms with van der Waals surface area (Å²) in [5.41, 5.74) is 6.21. The smallest absolute Gasteiger partial charge is 0.252 e. The molecule has 152 valence electrons. The largest absolute Gasteiger partial charge is 0.497 e. The van der Waals surface area contributed by atoms with E-state index in [1.807, 2.05) is 0 Å². The number of anilines is 1. The molecular weight excluding hydrogens is 366 g/mol. The van der Waals surface area contributed by atoms with Gasteiger partial charge in [-0.25, -0.2) is 0 Å². The van der Waals surface area contributed by atoms with Crippen molar-refractivity contribution in [3.8, 4) is 5.75 Å². The first kappa shape index (κ1) is 20.1. The number of nitrogens with two attached hydrogens (primary N) is 1. The SMILES string of the molecule is CN[C@@H](N)C(=O)N[C@H]1CO[C@H]2CCC(C(=O)Nc3ccc(OC)cc3)N2C1=O. The quantitative estimate of drug-likeness (QED) is 0.456. The number of hydrogen-bond acceptors (Lipinski definition) is 7. The summed E-state index contributed by atoms with van der Waals surface area (Å²) in [7, 11) is 3.10. The summed E-state index contributed by atoms with van der Waals surface area (Å²) in [5, 5.41) is 7.98. The lowest BCUT2D eigenvalue weighted by Crippen LogP contribution is -2.63. The fraction of sp³-hybridized carbons (Fsp3) is 0.500. The number of carbonyl (C=O) groups excluding carboxylic acids is 3. The van der Waals surface area contributed by atoms with Crippen molar-refractivity contribution in [3.05, 3.63) is 24.3 Å². The first-order chi connectivity index (χ1) is 13.4. The average molecular weight is 391 g/mol. The highest BCUT2D eigenvalue weighted by Crippen LogP contribution is 2.30. The molecule has 0 radical (unpaired) electrons. The van der Waals surface area contributed by atoms with Crippen LogP contribution >= 0.6 is 0 Å². The van der Waals surface area contributed by atoms with Gasteiger partial charge in [-0.05, 0) is 44.2 Å². The minimum Gasteiger partial charge on any atom is -0.497 e. The first-order valence-corrected chi connectivity index (χ1v) is 9.06. The molecule has 0 aromatic heterocycles. The van der Waals surface area contributed by atoms with Crippen molar-refractivity contribution in [2.45, 2.75) is 37.3 Å². The van der Waals surface area contributed by atoms with Crippen molar-refractivity contribution in [3.63, 3.8) is 0 Å². The van der Waals surface area contributed by atoms with Crippen molar-refractivity contribution in [2.24, 2.45) is 5.73 Å². The third-order valence-corrected chi connectivity index (χ3v) is 4.91. The molecule has 3 rings (SSSR count). The van der Waals surface area contributed by atoms with Crippen molar-refractivity contribution in [1.82, 2.24) is 15.5 Å². The minimum atomic E-state index is -0.932. The normalized spacial score (nSPS) is 25.0. The number of carbonyl (C=O) groups is 3. The first-order valence-electron chi connectivity index (χ1n) is 9.06. The van der Waals surface area contributed by atoms with Gasteiger partial charge in [0.25, 0.3) is 5.91 Å². The average Bonchev–Trinajstić information content (AvgIpc) is 3.15. The molecule has 1 aromatic rings. The number of ether oxygens (including phenoxy) is 2. The van der Waals surface area contributed by atoms with E-state index in [2.05, 4.69) is 16.0 Å². The number of benzene rings is 1. The van der Waals surface area contributed by atoms with Crippen LogP contribution in [0, 0.1) is 0 Å². The minimum absolute atomic E-state index is 0.0506. The molecule has 1 aromatic carbocycles. The third-order valence-electron chi connectivity index (χ3n) is 4.91. The van der Waals surface area contributed by atoms with Crippen LogP contribution in [-0.4, -0.2) is 67.9 Å². The second-order valence-electron chi connectivity index (χ2n) is 6.67. The van der Waals surface area contributed by atoms with Gasteiger partial charge in [0.2, 0.25) is 11.8 Å². The summed E-state index contributed by atoms with van der Waals surface area (Å²) in [6, 6.07) is 5.37. The number of nitrogens with zero attached hydrogens (tertiary/aromatic N) is 1. The Morgan fingerprint density at radius 3 is 2.64 bits per heavy atom. The van der Waals surface area contributed by atoms with E-state index < -0.39 is 30.4 Å². The predicted octanol–water partition coefficient (Wildman–Crippen LogP) is -1.03. The fourth-order valence-electron chi connectivity index (χ4n) is 3.35. The molecule has 10 nitrogen and oxygen atoms in total. The number of fused-ring (bicyclic) bond motifs is 1. The van der Waals surface area contributed by atoms with Crippen LogP contribution in [0.15, 0.2) is 24.3 Å². The van der Waals surface area contributed by atoms with Gasteiger partial charge in [0.1, 0.15) is 30.2 Å². The zero-order valence-corrected chi connectivity index (χ0v) is 15.8. The standard InChI is InChI=1S/C18H25N5O5/c1-20-15(19)17(25)22-12-9-28-14-8-7-13(23(14)18(12)26)16(24)21-10-3-5-11(27-2)6-4-10/h3-6,12-15,20H,7-9,19H2,1-2H3,(H,21,24)(H,22,25)/t12-,13?,14-,15+/m0/s1. The van der Waals surface area contributed by atoms with E-state index in [0.717, 1.165) is 0 Å². The van der Waals surface area contributed by atoms with Crippen LogP contribution in [0.25, 0.3) is 0 Å². The number of methoxy groups -OCH3 is 1. The zero-order chi connectivity index (χ0) is 20.3. The molecule has 0 aliphatic carbocycles. The highest BCUT2D eigenvalue weighted by atomic mass is 16.5. The lowest BCUT2D eigenvalue weighted by atomic mass is 10.1. The van der Waals surface area contributed by atoms with Crippen LogP contribution in [-0.2, 0) is 19.1 Å². The zero-order valence-electron chi connectivity index (χ0n) is 15.8. The van der Waals surface area contributed by atoms with Gasteiger partial charge in [0.05, 0.1) is 13.7 Å². The molecule has 2 aliphatic rings. The Bertz CT molecular complexity index is 740. The summed E-state index contributed by atoms with van der Waals surface area (Å²) < 4.78 is 10.8. The van der Waals surface area contributed by atoms with E-state index in [1.54, 1.807) is 38.4 Å². The lowest BCUT2D eigenvalue weighted by Gasteiger charge is -2.37. The van der Waals surface area contributed by atoms with Crippen LogP contribution in [0.4, 0.5) is 5.69 Å². The summed E-state index contributed by atoms with van der Waals surface area (Å²) >= 11 is 0. The van der Waals surface area contributed by atoms with Crippen LogP contribution in [0.1, 0.15) is 12.8 Å². The molecule has 0 bridgehead atoms. The van der Waals surface area contributed by atoms with Crippen LogP contribution < -0.4 is 26.4 Å². The van der Waals surface area contributed by atoms with Gasteiger partial charge in [0.15, 0.2) is 0 Å². The van der Waals surface area contributed by atoms with Crippen molar-refractivity contribution >= 4 is 23.4 Å². The number of nitrogens with one attached hydrogen (secondary N) is 3. The Labute approximate surface area is 162 Å². The van der Waals surface area contributed by atoms with E-state index >= 15 is 0 Å². The van der Waals surface area contributed by atoms with Crippen molar-refractivity contribution in [1.29, 1.82) is 0 Å². The van der Waals surface area contributed by atoms with Gasteiger partial charge in [-0.2, -0.15) is 0 Å². The molecule has 2 heterocycles. The maximum atomic E-state index is 12.9. The molecule has 2 saturated heterocycles. The maximum absolute atomic E-state index is 12.9. The number of amides is 3. The van der Waals surface area contributed by atoms with E-state index in [4.69, 9.17) is 15.2 Å². The molecule has 10 heteroatoms. The molecule has 3 amide bonds. The molecule has 5 N–H and O–H groups in total. The number of likely N-dealkylation sites (N-methyl/N-ethyl adjacent to an activating group) is 1. The van der Waals surface area contributed by atoms with Gasteiger partial charge in [-0.15, -0.1) is 0 Å². The number of hydrogen-bond donors (Lipinski definition) is 4. The maximum Gasteiger partial charge on any atom is 0.252 e. The Balaban J connectivity index is 1.66. The topological polar surface area (TPSA) is 135 Å². The summed E-state index contributed by atoms with van der Waals surface area (Å²) in [6.07, 6.45) is -0.360. The van der Waals surface area contributed by atoms with E-state index in [9.17, 15) is 14.4 Å². The highest BCUT2D eigenvalue weighted by molar-refractivity contribution is 5.99. The monoisotopic (exact) mass is 391 g/mol. The van der Waals surface area contributed by atoms with E-state index in [1.165, 1.54) is 4.90 Å². The van der Waals surface area contributed by atoms with Gasteiger partial charge < -0.3 is 30.7 Å². The van der Waals surface area contributed by atoms with Crippen LogP contribution in [0.3, 0.4) is 0 Å². The fourth-order valence-corrected chi connectivity index (χ4v) is 3.35. The Hall–Kier alpha value is -2.69. The molecule has 0 spiro atoms. The predicted molar refractivity (Wildman–Crippen MR) is 100 cm³/mol. The molecule has 4 atom stereocenters. The summed E-state index contributed by atoms with van der Waals surface area (Å²) in [5.74, 6) is -0.484. The second-order valence-corrected chi connectivity index (χ2v) is 6.67. The van der Waals surface area contributed by atoms with Gasteiger partial charge in [0, 0.05) is 5.69 Å². The Kier molecular flexibility index (Phi) is 6.12. The summed E-state index contributed by atoms with van der Waals surface area (Å²) in [4.78, 5) is 39.0. The van der Waals surface area contributed by atoms with Gasteiger partial charge >= 0.3 is 0 Å². The van der Waals surface area contributed by atoms with E-state index in [0.29, 0.717) is 24.3 Å². The van der Waals surface area contributed by atoms with E-state index in [-0.39, 0.29) is 18.4 Å². The molecule has 1 unspecified atom stereocenters. The second kappa shape index (κ2) is 8.55. The van der Waals surface area contributed by atoms with Gasteiger partial charge in [-0.3, -0.25) is 19.7 Å². The van der Waals surface area contributed by atoms with Crippen LogP contribution in [0.5, 0.6) is 5.75 Å². The molecule has 2 aliphatic heterocycles. The molecular formula is C18H25N5O5. The lowest BCUT2D eigenvalue weighted by molar-refractivity contribution is -0.166. The Morgan fingerprint density at radius 1 is 1.29 bits per heavy atom. The van der Waals surface area contributed by atoms with Gasteiger partial charge in [-0.1, -0.05) is 0 Å². The van der Waals surface area contributed by atoms with Crippen molar-refractivity contribution in [2.75, 3.05) is 26.1 Å². The van der Waals surface area contributed by atoms with Crippen molar-refractivity contribution < 1.29 is 23.9 Å².